The molecule has 2 heterocycles. The van der Waals surface area contributed by atoms with Gasteiger partial charge in [0.1, 0.15) is 17.5 Å². The van der Waals surface area contributed by atoms with E-state index in [2.05, 4.69) is 14.7 Å². The summed E-state index contributed by atoms with van der Waals surface area (Å²) < 4.78 is 35.6. The van der Waals surface area contributed by atoms with Gasteiger partial charge in [0.15, 0.2) is 21.6 Å². The summed E-state index contributed by atoms with van der Waals surface area (Å²) in [5.41, 5.74) is 6.19. The largest absolute Gasteiger partial charge is 0.504 e. The Kier molecular flexibility index (Phi) is 9.02. The Morgan fingerprint density at radius 1 is 1.36 bits per heavy atom. The van der Waals surface area contributed by atoms with Crippen molar-refractivity contribution in [3.05, 3.63) is 29.0 Å². The third-order valence-electron chi connectivity index (χ3n) is 4.84. The second kappa shape index (κ2) is 10.9. The molecule has 0 aliphatic rings. The molecule has 9 nitrogen and oxygen atoms in total. The van der Waals surface area contributed by atoms with Crippen molar-refractivity contribution >= 4 is 50.7 Å². The molecule has 0 saturated heterocycles. The lowest BCUT2D eigenvalue weighted by atomic mass is 9.85. The molecular formula is C21H33N5O4S3. The van der Waals surface area contributed by atoms with Gasteiger partial charge < -0.3 is 20.0 Å². The van der Waals surface area contributed by atoms with Crippen molar-refractivity contribution in [2.24, 2.45) is 21.1 Å². The smallest absolute Gasteiger partial charge is 0.256 e. The Hall–Kier alpha value is -2.02. The van der Waals surface area contributed by atoms with Gasteiger partial charge in [0.2, 0.25) is 0 Å². The zero-order chi connectivity index (χ0) is 25.0. The van der Waals surface area contributed by atoms with Gasteiger partial charge in [-0.05, 0) is 24.5 Å². The molecule has 1 atom stereocenters. The van der Waals surface area contributed by atoms with Crippen molar-refractivity contribution in [3.8, 4) is 5.75 Å². The molecule has 0 radical (unpaired) electrons. The van der Waals surface area contributed by atoms with Crippen LogP contribution in [0, 0.1) is 12.3 Å². The third kappa shape index (κ3) is 6.11. The Morgan fingerprint density at radius 3 is 2.48 bits per heavy atom. The first kappa shape index (κ1) is 27.2. The summed E-state index contributed by atoms with van der Waals surface area (Å²) in [6.45, 7) is 11.9. The number of nitrogens with zero attached hydrogens (tertiary/aromatic N) is 3. The lowest BCUT2D eigenvalue weighted by Crippen LogP contribution is -2.34. The van der Waals surface area contributed by atoms with Crippen molar-refractivity contribution in [1.82, 2.24) is 9.03 Å². The van der Waals surface area contributed by atoms with Crippen molar-refractivity contribution < 1.29 is 17.9 Å². The van der Waals surface area contributed by atoms with Crippen LogP contribution < -0.4 is 10.5 Å². The number of nitrogens with two attached hydrogens (primary N) is 1. The maximum atomic E-state index is 13.0. The van der Waals surface area contributed by atoms with Crippen molar-refractivity contribution in [2.45, 2.75) is 51.8 Å². The Balaban J connectivity index is 2.58. The number of aliphatic imine (C=N–C) groups is 2. The SMILES string of the molecule is CCN(CC)S(=O)(=O)c1sc(C)c(N=C(NSC)C(N)=N[C@@H](c2ccco2)C(C)(C)C)c1O. The first-order chi connectivity index (χ1) is 15.4. The molecule has 0 spiro atoms. The van der Waals surface area contributed by atoms with Gasteiger partial charge in [-0.2, -0.15) is 4.31 Å². The van der Waals surface area contributed by atoms with Gasteiger partial charge >= 0.3 is 0 Å². The molecule has 0 fully saturated rings. The molecule has 0 amide bonds. The van der Waals surface area contributed by atoms with E-state index >= 15 is 0 Å². The lowest BCUT2D eigenvalue weighted by molar-refractivity contribution is 0.287. The van der Waals surface area contributed by atoms with Crippen LogP contribution in [0.4, 0.5) is 5.69 Å². The van der Waals surface area contributed by atoms with Crippen molar-refractivity contribution in [1.29, 1.82) is 0 Å². The van der Waals surface area contributed by atoms with Gasteiger partial charge in [0.25, 0.3) is 10.0 Å². The van der Waals surface area contributed by atoms with Gasteiger partial charge in [0, 0.05) is 24.2 Å². The standard InChI is InChI=1S/C21H33N5O4S3/c1-8-26(9-2)33(28,29)20-16(27)15(13(3)32-20)23-19(25-31-7)18(22)24-17(21(4,5)6)14-11-10-12-30-14/h10-12,17,27H,8-9H2,1-7H3,(H2,22,24)(H,23,25)/t17-/m0/s1. The number of aromatic hydroxyl groups is 1. The minimum absolute atomic E-state index is 0.110. The minimum atomic E-state index is -3.84. The summed E-state index contributed by atoms with van der Waals surface area (Å²) in [5.74, 6) is 0.595. The zero-order valence-electron chi connectivity index (χ0n) is 20.0. The summed E-state index contributed by atoms with van der Waals surface area (Å²) in [7, 11) is -3.84. The lowest BCUT2D eigenvalue weighted by Gasteiger charge is -2.26. The highest BCUT2D eigenvalue weighted by atomic mass is 32.2. The number of thiophene rings is 1. The molecule has 2 aromatic heterocycles. The fourth-order valence-electron chi connectivity index (χ4n) is 3.16. The number of hydrogen-bond donors (Lipinski definition) is 3. The van der Waals surface area contributed by atoms with E-state index in [-0.39, 0.29) is 33.0 Å². The van der Waals surface area contributed by atoms with Crippen LogP contribution in [0.2, 0.25) is 0 Å². The second-order valence-corrected chi connectivity index (χ2v) is 12.3. The highest BCUT2D eigenvalue weighted by molar-refractivity contribution is 7.97. The first-order valence-electron chi connectivity index (χ1n) is 10.5. The highest BCUT2D eigenvalue weighted by Crippen LogP contribution is 2.45. The van der Waals surface area contributed by atoms with Crippen LogP contribution in [0.1, 0.15) is 51.3 Å². The highest BCUT2D eigenvalue weighted by Gasteiger charge is 2.31. The van der Waals surface area contributed by atoms with E-state index in [4.69, 9.17) is 10.2 Å². The van der Waals surface area contributed by atoms with Gasteiger partial charge in [-0.3, -0.25) is 4.99 Å². The summed E-state index contributed by atoms with van der Waals surface area (Å²) in [5, 5.41) is 10.8. The summed E-state index contributed by atoms with van der Waals surface area (Å²) >= 11 is 2.23. The fraction of sp³-hybridized carbons (Fsp3) is 0.524. The molecule has 0 aromatic carbocycles. The van der Waals surface area contributed by atoms with E-state index in [1.54, 1.807) is 39.4 Å². The van der Waals surface area contributed by atoms with Crippen LogP contribution in [0.5, 0.6) is 5.75 Å². The van der Waals surface area contributed by atoms with Crippen molar-refractivity contribution in [2.75, 3.05) is 19.3 Å². The predicted molar refractivity (Wildman–Crippen MR) is 137 cm³/mol. The molecule has 184 valence electrons. The van der Waals surface area contributed by atoms with Crippen LogP contribution in [0.25, 0.3) is 0 Å². The van der Waals surface area contributed by atoms with E-state index in [1.807, 2.05) is 26.8 Å². The number of rotatable bonds is 8. The zero-order valence-corrected chi connectivity index (χ0v) is 22.5. The molecule has 12 heteroatoms. The van der Waals surface area contributed by atoms with Crippen LogP contribution >= 0.6 is 23.3 Å². The maximum absolute atomic E-state index is 13.0. The molecule has 0 aliphatic carbocycles. The van der Waals surface area contributed by atoms with Gasteiger partial charge in [-0.15, -0.1) is 11.3 Å². The number of amidine groups is 2. The average Bonchev–Trinajstić information content (AvgIpc) is 3.35. The van der Waals surface area contributed by atoms with Crippen LogP contribution in [-0.4, -0.2) is 48.8 Å². The second-order valence-electron chi connectivity index (χ2n) is 8.30. The monoisotopic (exact) mass is 515 g/mol. The molecule has 0 saturated carbocycles. The summed E-state index contributed by atoms with van der Waals surface area (Å²) in [6.07, 6.45) is 3.38. The topological polar surface area (TPSA) is 134 Å². The molecule has 0 aliphatic heterocycles. The Bertz CT molecular complexity index is 1100. The third-order valence-corrected chi connectivity index (χ3v) is 8.86. The normalized spacial score (nSPS) is 14.7. The maximum Gasteiger partial charge on any atom is 0.256 e. The van der Waals surface area contributed by atoms with E-state index < -0.39 is 15.8 Å². The summed E-state index contributed by atoms with van der Waals surface area (Å²) in [4.78, 5) is 9.70. The average molecular weight is 516 g/mol. The predicted octanol–water partition coefficient (Wildman–Crippen LogP) is 4.43. The van der Waals surface area contributed by atoms with Gasteiger partial charge in [-0.25, -0.2) is 13.4 Å². The van der Waals surface area contributed by atoms with Crippen LogP contribution in [0.3, 0.4) is 0 Å². The number of furan rings is 1. The fourth-order valence-corrected chi connectivity index (χ4v) is 6.58. The molecule has 0 bridgehead atoms. The van der Waals surface area contributed by atoms with Gasteiger partial charge in [0.05, 0.1) is 6.26 Å². The number of hydrogen-bond acceptors (Lipinski definition) is 8. The summed E-state index contributed by atoms with van der Waals surface area (Å²) in [6, 6.07) is 3.25. The van der Waals surface area contributed by atoms with Crippen LogP contribution in [0.15, 0.2) is 37.0 Å². The Labute approximate surface area is 204 Å². The molecule has 33 heavy (non-hydrogen) atoms. The molecule has 2 aromatic rings. The number of nitrogens with one attached hydrogen (secondary N) is 1. The molecule has 4 N–H and O–H groups in total. The van der Waals surface area contributed by atoms with Crippen LogP contribution in [-0.2, 0) is 10.0 Å². The van der Waals surface area contributed by atoms with E-state index in [0.29, 0.717) is 23.7 Å². The van der Waals surface area contributed by atoms with Crippen molar-refractivity contribution in [3.63, 3.8) is 0 Å². The minimum Gasteiger partial charge on any atom is -0.504 e. The van der Waals surface area contributed by atoms with E-state index in [1.165, 1.54) is 16.3 Å². The van der Waals surface area contributed by atoms with E-state index in [9.17, 15) is 13.5 Å². The number of aryl methyl sites for hydroxylation is 1. The first-order valence-corrected chi connectivity index (χ1v) is 13.9. The molecular weight excluding hydrogens is 482 g/mol. The molecule has 0 unspecified atom stereocenters. The van der Waals surface area contributed by atoms with E-state index in [0.717, 1.165) is 11.3 Å². The molecule has 2 rings (SSSR count). The number of sulfonamides is 1. The quantitative estimate of drug-likeness (QED) is 0.269. The Morgan fingerprint density at radius 2 is 2.00 bits per heavy atom. The van der Waals surface area contributed by atoms with Gasteiger partial charge in [-0.1, -0.05) is 46.6 Å².